The standard InChI is InChI=1S/C22H27N7O/c1-6-10-17-18-20(28(5)26-17)21(30)24-22(23-18)27(4)19-14(2)25-29(15(19)3)13-16-11-8-7-9-12-16/h7-9,11-12H,6,10,13H2,1-5H3,(H,23,24,30). The number of nitrogens with zero attached hydrogens (tertiary/aromatic N) is 6. The molecule has 4 rings (SSSR count). The average Bonchev–Trinajstić information content (AvgIpc) is 3.18. The number of rotatable bonds is 6. The lowest BCUT2D eigenvalue weighted by Gasteiger charge is -2.18. The van der Waals surface area contributed by atoms with Gasteiger partial charge < -0.3 is 4.90 Å². The van der Waals surface area contributed by atoms with Crippen LogP contribution in [0.15, 0.2) is 35.1 Å². The third kappa shape index (κ3) is 3.38. The zero-order valence-electron chi connectivity index (χ0n) is 18.1. The molecule has 8 nitrogen and oxygen atoms in total. The van der Waals surface area contributed by atoms with Crippen LogP contribution in [-0.2, 0) is 20.0 Å². The molecule has 0 bridgehead atoms. The number of anilines is 2. The number of aromatic nitrogens is 6. The van der Waals surface area contributed by atoms with Crippen LogP contribution >= 0.6 is 0 Å². The van der Waals surface area contributed by atoms with E-state index in [2.05, 4.69) is 29.1 Å². The number of aromatic amines is 1. The summed E-state index contributed by atoms with van der Waals surface area (Å²) in [7, 11) is 3.69. The molecule has 3 aromatic heterocycles. The van der Waals surface area contributed by atoms with Crippen molar-refractivity contribution in [3.8, 4) is 0 Å². The fourth-order valence-electron chi connectivity index (χ4n) is 3.99. The highest BCUT2D eigenvalue weighted by molar-refractivity contribution is 5.78. The van der Waals surface area contributed by atoms with Gasteiger partial charge >= 0.3 is 0 Å². The summed E-state index contributed by atoms with van der Waals surface area (Å²) in [6.07, 6.45) is 1.72. The molecule has 0 unspecified atom stereocenters. The molecule has 0 radical (unpaired) electrons. The molecule has 0 atom stereocenters. The summed E-state index contributed by atoms with van der Waals surface area (Å²) in [6, 6.07) is 10.2. The zero-order chi connectivity index (χ0) is 21.4. The summed E-state index contributed by atoms with van der Waals surface area (Å²) in [5.41, 5.74) is 5.85. The van der Waals surface area contributed by atoms with Gasteiger partial charge in [0, 0.05) is 14.1 Å². The van der Waals surface area contributed by atoms with E-state index in [9.17, 15) is 4.79 Å². The van der Waals surface area contributed by atoms with Crippen molar-refractivity contribution in [3.05, 3.63) is 63.3 Å². The summed E-state index contributed by atoms with van der Waals surface area (Å²) in [5, 5.41) is 9.23. The van der Waals surface area contributed by atoms with Crippen LogP contribution in [0.5, 0.6) is 0 Å². The maximum absolute atomic E-state index is 12.8. The van der Waals surface area contributed by atoms with Crippen molar-refractivity contribution in [2.45, 2.75) is 40.2 Å². The van der Waals surface area contributed by atoms with Crippen LogP contribution in [0, 0.1) is 13.8 Å². The quantitative estimate of drug-likeness (QED) is 0.532. The van der Waals surface area contributed by atoms with Gasteiger partial charge in [0.05, 0.1) is 29.3 Å². The fourth-order valence-corrected chi connectivity index (χ4v) is 3.99. The molecule has 1 N–H and O–H groups in total. The molecule has 1 aromatic carbocycles. The maximum Gasteiger partial charge on any atom is 0.278 e. The second-order valence-corrected chi connectivity index (χ2v) is 7.63. The molecule has 0 saturated carbocycles. The topological polar surface area (TPSA) is 84.6 Å². The number of H-pyrrole nitrogens is 1. The number of nitrogens with one attached hydrogen (secondary N) is 1. The lowest BCUT2D eigenvalue weighted by molar-refractivity contribution is 0.659. The lowest BCUT2D eigenvalue weighted by Crippen LogP contribution is -2.20. The highest BCUT2D eigenvalue weighted by atomic mass is 16.1. The summed E-state index contributed by atoms with van der Waals surface area (Å²) in [4.78, 5) is 22.4. The van der Waals surface area contributed by atoms with Crippen molar-refractivity contribution < 1.29 is 0 Å². The van der Waals surface area contributed by atoms with Crippen molar-refractivity contribution in [2.24, 2.45) is 7.05 Å². The Hall–Kier alpha value is -3.42. The van der Waals surface area contributed by atoms with Crippen molar-refractivity contribution in [1.29, 1.82) is 0 Å². The number of hydrogen-bond donors (Lipinski definition) is 1. The van der Waals surface area contributed by atoms with E-state index in [1.54, 1.807) is 11.7 Å². The van der Waals surface area contributed by atoms with Gasteiger partial charge in [-0.15, -0.1) is 0 Å². The molecule has 8 heteroatoms. The third-order valence-corrected chi connectivity index (χ3v) is 5.41. The molecule has 156 valence electrons. The minimum Gasteiger partial charge on any atom is -0.312 e. The fraction of sp³-hybridized carbons (Fsp3) is 0.364. The minimum atomic E-state index is -0.189. The van der Waals surface area contributed by atoms with Crippen LogP contribution in [0.2, 0.25) is 0 Å². The van der Waals surface area contributed by atoms with Crippen LogP contribution < -0.4 is 10.5 Å². The Balaban J connectivity index is 1.76. The monoisotopic (exact) mass is 405 g/mol. The van der Waals surface area contributed by atoms with Gasteiger partial charge in [0.1, 0.15) is 5.52 Å². The van der Waals surface area contributed by atoms with Gasteiger partial charge in [0.15, 0.2) is 5.52 Å². The van der Waals surface area contributed by atoms with Crippen LogP contribution in [0.4, 0.5) is 11.6 Å². The SMILES string of the molecule is CCCc1nn(C)c2c(=O)[nH]c(N(C)c3c(C)nn(Cc4ccccc4)c3C)nc12. The van der Waals surface area contributed by atoms with Gasteiger partial charge in [0.25, 0.3) is 5.56 Å². The van der Waals surface area contributed by atoms with Gasteiger partial charge in [-0.2, -0.15) is 10.2 Å². The van der Waals surface area contributed by atoms with Crippen LogP contribution in [-0.4, -0.2) is 36.6 Å². The minimum absolute atomic E-state index is 0.189. The van der Waals surface area contributed by atoms with Gasteiger partial charge in [-0.05, 0) is 25.8 Å². The molecule has 0 saturated heterocycles. The Morgan fingerprint density at radius 3 is 2.57 bits per heavy atom. The van der Waals surface area contributed by atoms with E-state index in [-0.39, 0.29) is 5.56 Å². The molecule has 0 spiro atoms. The molecule has 0 aliphatic heterocycles. The van der Waals surface area contributed by atoms with E-state index in [0.29, 0.717) is 23.5 Å². The number of fused-ring (bicyclic) bond motifs is 1. The average molecular weight is 406 g/mol. The summed E-state index contributed by atoms with van der Waals surface area (Å²) in [5.74, 6) is 0.489. The molecular formula is C22H27N7O. The van der Waals surface area contributed by atoms with E-state index >= 15 is 0 Å². The predicted octanol–water partition coefficient (Wildman–Crippen LogP) is 3.24. The second-order valence-electron chi connectivity index (χ2n) is 7.63. The Morgan fingerprint density at radius 2 is 1.87 bits per heavy atom. The number of hydrogen-bond acceptors (Lipinski definition) is 5. The molecule has 0 amide bonds. The first-order chi connectivity index (χ1) is 14.4. The number of benzene rings is 1. The molecular weight excluding hydrogens is 378 g/mol. The van der Waals surface area contributed by atoms with Crippen molar-refractivity contribution >= 4 is 22.7 Å². The van der Waals surface area contributed by atoms with Crippen LogP contribution in [0.1, 0.15) is 36.0 Å². The van der Waals surface area contributed by atoms with Crippen LogP contribution in [0.3, 0.4) is 0 Å². The van der Waals surface area contributed by atoms with E-state index in [1.807, 2.05) is 48.7 Å². The Morgan fingerprint density at radius 1 is 1.13 bits per heavy atom. The van der Waals surface area contributed by atoms with Gasteiger partial charge in [-0.3, -0.25) is 19.1 Å². The zero-order valence-corrected chi connectivity index (χ0v) is 18.1. The summed E-state index contributed by atoms with van der Waals surface area (Å²) >= 11 is 0. The molecule has 3 heterocycles. The van der Waals surface area contributed by atoms with Crippen molar-refractivity contribution in [3.63, 3.8) is 0 Å². The Bertz CT molecular complexity index is 1250. The first-order valence-electron chi connectivity index (χ1n) is 10.2. The van der Waals surface area contributed by atoms with E-state index in [1.165, 1.54) is 5.56 Å². The lowest BCUT2D eigenvalue weighted by atomic mass is 10.2. The largest absolute Gasteiger partial charge is 0.312 e. The molecule has 4 aromatic rings. The van der Waals surface area contributed by atoms with Gasteiger partial charge in [-0.1, -0.05) is 43.7 Å². The van der Waals surface area contributed by atoms with E-state index in [4.69, 9.17) is 10.1 Å². The molecule has 0 fully saturated rings. The summed E-state index contributed by atoms with van der Waals surface area (Å²) < 4.78 is 3.60. The number of aryl methyl sites for hydroxylation is 3. The predicted molar refractivity (Wildman–Crippen MR) is 118 cm³/mol. The Labute approximate surface area is 175 Å². The van der Waals surface area contributed by atoms with Gasteiger partial charge in [0.2, 0.25) is 5.95 Å². The first-order valence-corrected chi connectivity index (χ1v) is 10.2. The van der Waals surface area contributed by atoms with Crippen LogP contribution in [0.25, 0.3) is 11.0 Å². The Kier molecular flexibility index (Phi) is 5.15. The molecule has 30 heavy (non-hydrogen) atoms. The molecule has 0 aliphatic carbocycles. The van der Waals surface area contributed by atoms with Crippen molar-refractivity contribution in [2.75, 3.05) is 11.9 Å². The smallest absolute Gasteiger partial charge is 0.278 e. The van der Waals surface area contributed by atoms with Crippen molar-refractivity contribution in [1.82, 2.24) is 29.5 Å². The van der Waals surface area contributed by atoms with Gasteiger partial charge in [-0.25, -0.2) is 4.98 Å². The highest BCUT2D eigenvalue weighted by Gasteiger charge is 2.21. The first kappa shape index (κ1) is 19.9. The summed E-state index contributed by atoms with van der Waals surface area (Å²) in [6.45, 7) is 6.80. The second kappa shape index (κ2) is 7.78. The van der Waals surface area contributed by atoms with E-state index in [0.717, 1.165) is 35.6 Å². The maximum atomic E-state index is 12.8. The molecule has 0 aliphatic rings. The third-order valence-electron chi connectivity index (χ3n) is 5.41. The van der Waals surface area contributed by atoms with E-state index < -0.39 is 0 Å². The highest BCUT2D eigenvalue weighted by Crippen LogP contribution is 2.29. The normalized spacial score (nSPS) is 11.4.